The van der Waals surface area contributed by atoms with Crippen molar-refractivity contribution in [1.82, 2.24) is 4.90 Å². The normalized spacial score (nSPS) is 13.7. The fraction of sp³-hybridized carbons (Fsp3) is 0.318. The van der Waals surface area contributed by atoms with E-state index in [1.54, 1.807) is 24.3 Å². The van der Waals surface area contributed by atoms with Crippen LogP contribution in [0.1, 0.15) is 36.0 Å². The summed E-state index contributed by atoms with van der Waals surface area (Å²) >= 11 is 0. The van der Waals surface area contributed by atoms with Crippen molar-refractivity contribution >= 4 is 11.6 Å². The highest BCUT2D eigenvalue weighted by atomic mass is 19.1. The second-order valence-electron chi connectivity index (χ2n) is 6.86. The molecule has 150 valence electrons. The zero-order valence-electron chi connectivity index (χ0n) is 15.9. The van der Waals surface area contributed by atoms with Crippen LogP contribution in [-0.2, 0) is 22.7 Å². The molecule has 0 N–H and O–H groups in total. The van der Waals surface area contributed by atoms with Gasteiger partial charge in [0.15, 0.2) is 0 Å². The van der Waals surface area contributed by atoms with Crippen LogP contribution in [0, 0.1) is 23.0 Å². The monoisotopic (exact) mass is 397 g/mol. The van der Waals surface area contributed by atoms with Gasteiger partial charge in [-0.05, 0) is 41.8 Å². The molecule has 3 rings (SSSR count). The van der Waals surface area contributed by atoms with Crippen molar-refractivity contribution in [2.24, 2.45) is 5.16 Å². The van der Waals surface area contributed by atoms with Crippen molar-refractivity contribution in [2.75, 3.05) is 13.1 Å². The van der Waals surface area contributed by atoms with E-state index >= 15 is 0 Å². The summed E-state index contributed by atoms with van der Waals surface area (Å²) in [5, 5.41) is 13.0. The van der Waals surface area contributed by atoms with Gasteiger partial charge in [-0.25, -0.2) is 8.78 Å². The Kier molecular flexibility index (Phi) is 6.90. The molecule has 2 aromatic carbocycles. The van der Waals surface area contributed by atoms with E-state index in [-0.39, 0.29) is 23.9 Å². The average molecular weight is 397 g/mol. The molecule has 1 heterocycles. The second kappa shape index (κ2) is 9.78. The number of oxime groups is 1. The molecule has 0 bridgehead atoms. The molecule has 0 atom stereocenters. The molecule has 2 aromatic rings. The number of nitrogens with zero attached hydrogens (tertiary/aromatic N) is 3. The summed E-state index contributed by atoms with van der Waals surface area (Å²) in [7, 11) is 0. The first-order valence-corrected chi connectivity index (χ1v) is 9.43. The molecule has 0 radical (unpaired) electrons. The van der Waals surface area contributed by atoms with Gasteiger partial charge in [-0.2, -0.15) is 5.26 Å². The van der Waals surface area contributed by atoms with Crippen LogP contribution in [0.5, 0.6) is 0 Å². The summed E-state index contributed by atoms with van der Waals surface area (Å²) < 4.78 is 26.2. The molecule has 0 spiro atoms. The van der Waals surface area contributed by atoms with Crippen molar-refractivity contribution in [3.63, 3.8) is 0 Å². The number of likely N-dealkylation sites (tertiary alicyclic amines) is 1. The predicted octanol–water partition coefficient (Wildman–Crippen LogP) is 3.96. The summed E-state index contributed by atoms with van der Waals surface area (Å²) in [4.78, 5) is 19.5. The topological polar surface area (TPSA) is 65.7 Å². The highest BCUT2D eigenvalue weighted by Crippen LogP contribution is 2.14. The molecular weight excluding hydrogens is 376 g/mol. The largest absolute Gasteiger partial charge is 0.391 e. The summed E-state index contributed by atoms with van der Waals surface area (Å²) in [6.07, 6.45) is 2.24. The molecule has 1 aliphatic rings. The van der Waals surface area contributed by atoms with Crippen LogP contribution in [0.3, 0.4) is 0 Å². The highest BCUT2D eigenvalue weighted by Gasteiger charge is 2.20. The fourth-order valence-corrected chi connectivity index (χ4v) is 3.11. The predicted molar refractivity (Wildman–Crippen MR) is 104 cm³/mol. The molecule has 5 nitrogen and oxygen atoms in total. The van der Waals surface area contributed by atoms with Crippen molar-refractivity contribution in [1.29, 1.82) is 5.26 Å². The number of carbonyl (C=O) groups is 1. The van der Waals surface area contributed by atoms with Gasteiger partial charge in [-0.3, -0.25) is 4.79 Å². The Morgan fingerprint density at radius 3 is 2.48 bits per heavy atom. The van der Waals surface area contributed by atoms with Gasteiger partial charge in [-0.15, -0.1) is 0 Å². The number of halogens is 2. The number of amides is 1. The molecule has 0 aromatic heterocycles. The molecule has 0 saturated carbocycles. The van der Waals surface area contributed by atoms with Crippen LogP contribution in [0.25, 0.3) is 0 Å². The summed E-state index contributed by atoms with van der Waals surface area (Å²) in [6.45, 7) is 1.32. The molecule has 0 aliphatic carbocycles. The van der Waals surface area contributed by atoms with E-state index in [2.05, 4.69) is 5.16 Å². The molecule has 29 heavy (non-hydrogen) atoms. The molecule has 1 saturated heterocycles. The van der Waals surface area contributed by atoms with Crippen LogP contribution < -0.4 is 0 Å². The third-order valence-corrected chi connectivity index (χ3v) is 4.81. The molecule has 7 heteroatoms. The maximum atomic E-state index is 13.3. The number of aryl methyl sites for hydroxylation is 1. The smallest absolute Gasteiger partial charge is 0.222 e. The molecule has 1 aliphatic heterocycles. The summed E-state index contributed by atoms with van der Waals surface area (Å²) in [6, 6.07) is 12.2. The minimum absolute atomic E-state index is 0.0220. The van der Waals surface area contributed by atoms with Gasteiger partial charge >= 0.3 is 0 Å². The van der Waals surface area contributed by atoms with Crippen LogP contribution in [0.2, 0.25) is 0 Å². The molecule has 1 amide bonds. The Hall–Kier alpha value is -3.27. The lowest BCUT2D eigenvalue weighted by Crippen LogP contribution is -2.38. The van der Waals surface area contributed by atoms with Crippen LogP contribution in [0.4, 0.5) is 8.78 Å². The van der Waals surface area contributed by atoms with E-state index < -0.39 is 5.82 Å². The van der Waals surface area contributed by atoms with Crippen molar-refractivity contribution in [3.05, 3.63) is 70.8 Å². The molecule has 0 unspecified atom stereocenters. The van der Waals surface area contributed by atoms with E-state index in [0.29, 0.717) is 44.3 Å². The van der Waals surface area contributed by atoms with Crippen LogP contribution in [-0.4, -0.2) is 29.6 Å². The quantitative estimate of drug-likeness (QED) is 0.693. The minimum atomic E-state index is -0.556. The van der Waals surface area contributed by atoms with Gasteiger partial charge in [0.05, 0.1) is 11.3 Å². The Morgan fingerprint density at radius 1 is 1.10 bits per heavy atom. The number of hydrogen-bond donors (Lipinski definition) is 0. The number of piperidine rings is 1. The Balaban J connectivity index is 1.42. The van der Waals surface area contributed by atoms with E-state index in [1.165, 1.54) is 24.3 Å². The lowest BCUT2D eigenvalue weighted by molar-refractivity contribution is -0.131. The number of nitriles is 1. The van der Waals surface area contributed by atoms with Gasteiger partial charge in [0.25, 0.3) is 0 Å². The van der Waals surface area contributed by atoms with Gasteiger partial charge in [0.1, 0.15) is 24.3 Å². The lowest BCUT2D eigenvalue weighted by atomic mass is 10.1. The van der Waals surface area contributed by atoms with Crippen LogP contribution in [0.15, 0.2) is 47.6 Å². The van der Waals surface area contributed by atoms with Crippen molar-refractivity contribution < 1.29 is 18.4 Å². The molecule has 1 fully saturated rings. The van der Waals surface area contributed by atoms with Gasteiger partial charge in [0.2, 0.25) is 5.91 Å². The summed E-state index contributed by atoms with van der Waals surface area (Å²) in [5.41, 5.74) is 2.45. The number of hydrogen-bond acceptors (Lipinski definition) is 4. The number of rotatable bonds is 6. The number of carbonyl (C=O) groups excluding carboxylic acids is 1. The first-order valence-electron chi connectivity index (χ1n) is 9.43. The van der Waals surface area contributed by atoms with Gasteiger partial charge < -0.3 is 9.74 Å². The van der Waals surface area contributed by atoms with Gasteiger partial charge in [-0.1, -0.05) is 23.4 Å². The molecular formula is C22H21F2N3O2. The van der Waals surface area contributed by atoms with E-state index in [0.717, 1.165) is 11.3 Å². The zero-order valence-corrected chi connectivity index (χ0v) is 15.9. The van der Waals surface area contributed by atoms with Gasteiger partial charge in [0, 0.05) is 32.4 Å². The zero-order chi connectivity index (χ0) is 20.6. The van der Waals surface area contributed by atoms with E-state index in [4.69, 9.17) is 10.1 Å². The first kappa shape index (κ1) is 20.5. The third-order valence-electron chi connectivity index (χ3n) is 4.81. The Bertz CT molecular complexity index is 926. The van der Waals surface area contributed by atoms with Crippen LogP contribution >= 0.6 is 0 Å². The minimum Gasteiger partial charge on any atom is -0.391 e. The third kappa shape index (κ3) is 5.85. The lowest BCUT2D eigenvalue weighted by Gasteiger charge is -2.27. The highest BCUT2D eigenvalue weighted by molar-refractivity contribution is 5.87. The van der Waals surface area contributed by atoms with Crippen molar-refractivity contribution in [3.8, 4) is 6.07 Å². The van der Waals surface area contributed by atoms with E-state index in [1.807, 2.05) is 4.90 Å². The Morgan fingerprint density at radius 2 is 1.79 bits per heavy atom. The van der Waals surface area contributed by atoms with E-state index in [9.17, 15) is 13.6 Å². The van der Waals surface area contributed by atoms with Crippen molar-refractivity contribution in [2.45, 2.75) is 32.3 Å². The Labute approximate surface area is 168 Å². The first-order chi connectivity index (χ1) is 14.0. The maximum Gasteiger partial charge on any atom is 0.222 e. The number of benzene rings is 2. The standard InChI is InChI=1S/C22H21F2N3O2/c23-19-5-1-16(2-6-19)4-8-22(28)27-11-9-20(10-12-27)26-29-15-17-3-7-21(24)18(13-17)14-25/h1-3,5-7,13H,4,8-12,15H2. The SMILES string of the molecule is N#Cc1cc(CON=C2CCN(C(=O)CCc3ccc(F)cc3)CC2)ccc1F. The fourth-order valence-electron chi connectivity index (χ4n) is 3.11. The average Bonchev–Trinajstić information content (AvgIpc) is 2.75. The second-order valence-corrected chi connectivity index (χ2v) is 6.86. The summed E-state index contributed by atoms with van der Waals surface area (Å²) in [5.74, 6) is -0.765. The maximum absolute atomic E-state index is 13.3.